The minimum Gasteiger partial charge on any atom is -0.267 e. The van der Waals surface area contributed by atoms with Gasteiger partial charge in [-0.05, 0) is 30.9 Å². The Morgan fingerprint density at radius 1 is 1.33 bits per heavy atom. The highest BCUT2D eigenvalue weighted by atomic mass is 35.5. The van der Waals surface area contributed by atoms with E-state index in [9.17, 15) is 0 Å². The monoisotopic (exact) mass is 257 g/mol. The summed E-state index contributed by atoms with van der Waals surface area (Å²) in [5.74, 6) is 0. The minimum atomic E-state index is 0.360. The van der Waals surface area contributed by atoms with Gasteiger partial charge in [0.05, 0.1) is 11.3 Å². The molecule has 0 bridgehead atoms. The third-order valence-corrected chi connectivity index (χ3v) is 5.07. The molecular formula is C11H12ClNS2. The van der Waals surface area contributed by atoms with Crippen molar-refractivity contribution in [2.24, 2.45) is 4.99 Å². The van der Waals surface area contributed by atoms with E-state index in [-0.39, 0.29) is 0 Å². The van der Waals surface area contributed by atoms with Gasteiger partial charge in [-0.3, -0.25) is 4.99 Å². The van der Waals surface area contributed by atoms with Crippen LogP contribution in [0.2, 0.25) is 5.02 Å². The fraction of sp³-hybridized carbons (Fsp3) is 0.364. The number of hydrogen-bond acceptors (Lipinski definition) is 3. The van der Waals surface area contributed by atoms with E-state index >= 15 is 0 Å². The molecule has 2 unspecified atom stereocenters. The Kier molecular flexibility index (Phi) is 3.65. The zero-order chi connectivity index (χ0) is 10.8. The molecule has 15 heavy (non-hydrogen) atoms. The first kappa shape index (κ1) is 11.4. The number of benzene rings is 1. The van der Waals surface area contributed by atoms with E-state index in [2.05, 4.69) is 30.3 Å². The largest absolute Gasteiger partial charge is 0.267 e. The normalized spacial score (nSPS) is 25.4. The van der Waals surface area contributed by atoms with Crippen molar-refractivity contribution in [1.29, 1.82) is 0 Å². The van der Waals surface area contributed by atoms with E-state index in [4.69, 9.17) is 11.6 Å². The van der Waals surface area contributed by atoms with E-state index in [1.165, 1.54) is 9.94 Å². The van der Waals surface area contributed by atoms with Crippen molar-refractivity contribution < 1.29 is 0 Å². The van der Waals surface area contributed by atoms with Crippen LogP contribution in [0.25, 0.3) is 0 Å². The molecule has 0 N–H and O–H groups in total. The van der Waals surface area contributed by atoms with Gasteiger partial charge in [0.2, 0.25) is 0 Å². The molecule has 2 atom stereocenters. The second-order valence-electron chi connectivity index (χ2n) is 3.43. The van der Waals surface area contributed by atoms with Crippen molar-refractivity contribution in [3.63, 3.8) is 0 Å². The zero-order valence-corrected chi connectivity index (χ0v) is 11.0. The van der Waals surface area contributed by atoms with Crippen LogP contribution in [-0.2, 0) is 0 Å². The molecule has 4 heteroatoms. The van der Waals surface area contributed by atoms with Crippen LogP contribution in [0.4, 0.5) is 0 Å². The second-order valence-corrected chi connectivity index (χ2v) is 6.05. The van der Waals surface area contributed by atoms with Crippen LogP contribution in [0.15, 0.2) is 29.3 Å². The summed E-state index contributed by atoms with van der Waals surface area (Å²) in [5, 5.41) is 1.24. The maximum atomic E-state index is 5.87. The Morgan fingerprint density at radius 2 is 2.00 bits per heavy atom. The van der Waals surface area contributed by atoms with Crippen LogP contribution in [0.1, 0.15) is 17.7 Å². The molecule has 1 aliphatic rings. The standard InChI is InChI=1S/C11H12ClNS2/c1-7-10(15-11(13-7)14-2)8-3-5-9(12)6-4-8/h3-7,10H,1-2H3. The van der Waals surface area contributed by atoms with E-state index < -0.39 is 0 Å². The van der Waals surface area contributed by atoms with E-state index in [0.717, 1.165) is 5.02 Å². The molecule has 0 aliphatic carbocycles. The quantitative estimate of drug-likeness (QED) is 0.746. The molecular weight excluding hydrogens is 246 g/mol. The first-order valence-corrected chi connectivity index (χ1v) is 7.23. The number of thioether (sulfide) groups is 2. The Hall–Kier alpha value is -0.120. The predicted octanol–water partition coefficient (Wildman–Crippen LogP) is 4.24. The summed E-state index contributed by atoms with van der Waals surface area (Å²) in [6.07, 6.45) is 2.07. The van der Waals surface area contributed by atoms with Crippen molar-refractivity contribution in [3.05, 3.63) is 34.9 Å². The van der Waals surface area contributed by atoms with Crippen molar-refractivity contribution >= 4 is 39.5 Å². The van der Waals surface area contributed by atoms with E-state index in [1.54, 1.807) is 11.8 Å². The maximum Gasteiger partial charge on any atom is 0.125 e. The van der Waals surface area contributed by atoms with Gasteiger partial charge in [0.1, 0.15) is 4.38 Å². The van der Waals surface area contributed by atoms with Gasteiger partial charge in [0, 0.05) is 5.02 Å². The van der Waals surface area contributed by atoms with Gasteiger partial charge in [0.25, 0.3) is 0 Å². The highest BCUT2D eigenvalue weighted by molar-refractivity contribution is 8.38. The van der Waals surface area contributed by atoms with Crippen molar-refractivity contribution in [2.45, 2.75) is 18.2 Å². The van der Waals surface area contributed by atoms with E-state index in [1.807, 2.05) is 23.9 Å². The summed E-state index contributed by atoms with van der Waals surface area (Å²) in [4.78, 5) is 4.60. The molecule has 1 heterocycles. The average Bonchev–Trinajstić information content (AvgIpc) is 2.61. The van der Waals surface area contributed by atoms with Crippen molar-refractivity contribution in [3.8, 4) is 0 Å². The highest BCUT2D eigenvalue weighted by Crippen LogP contribution is 2.42. The third-order valence-electron chi connectivity index (χ3n) is 2.35. The lowest BCUT2D eigenvalue weighted by atomic mass is 10.1. The van der Waals surface area contributed by atoms with Crippen molar-refractivity contribution in [1.82, 2.24) is 0 Å². The smallest absolute Gasteiger partial charge is 0.125 e. The molecule has 2 rings (SSSR count). The lowest BCUT2D eigenvalue weighted by molar-refractivity contribution is 0.741. The summed E-state index contributed by atoms with van der Waals surface area (Å²) in [6, 6.07) is 8.44. The molecule has 1 aromatic carbocycles. The van der Waals surface area contributed by atoms with E-state index in [0.29, 0.717) is 11.3 Å². The molecule has 0 fully saturated rings. The third kappa shape index (κ3) is 2.52. The van der Waals surface area contributed by atoms with Crippen LogP contribution in [0.5, 0.6) is 0 Å². The summed E-state index contributed by atoms with van der Waals surface area (Å²) in [6.45, 7) is 2.16. The Morgan fingerprint density at radius 3 is 2.53 bits per heavy atom. The molecule has 0 saturated heterocycles. The molecule has 1 aliphatic heterocycles. The molecule has 0 radical (unpaired) electrons. The van der Waals surface area contributed by atoms with Gasteiger partial charge in [0.15, 0.2) is 0 Å². The Labute approximate surface area is 104 Å². The molecule has 80 valence electrons. The number of aliphatic imine (C=N–C) groups is 1. The van der Waals surface area contributed by atoms with Gasteiger partial charge in [-0.1, -0.05) is 35.5 Å². The second kappa shape index (κ2) is 4.81. The predicted molar refractivity (Wildman–Crippen MR) is 72.2 cm³/mol. The number of hydrogen-bond donors (Lipinski definition) is 0. The number of nitrogens with zero attached hydrogens (tertiary/aromatic N) is 1. The first-order chi connectivity index (χ1) is 7.20. The Balaban J connectivity index is 2.17. The SMILES string of the molecule is CSC1=NC(C)C(c2ccc(Cl)cc2)S1. The molecule has 0 spiro atoms. The maximum absolute atomic E-state index is 5.87. The first-order valence-electron chi connectivity index (χ1n) is 4.74. The highest BCUT2D eigenvalue weighted by Gasteiger charge is 2.27. The molecule has 0 aromatic heterocycles. The fourth-order valence-corrected chi connectivity index (χ4v) is 3.66. The fourth-order valence-electron chi connectivity index (χ4n) is 1.57. The average molecular weight is 258 g/mol. The van der Waals surface area contributed by atoms with Gasteiger partial charge in [-0.25, -0.2) is 0 Å². The van der Waals surface area contributed by atoms with Crippen LogP contribution in [0, 0.1) is 0 Å². The molecule has 0 amide bonds. The molecule has 0 saturated carbocycles. The van der Waals surface area contributed by atoms with Gasteiger partial charge in [-0.15, -0.1) is 11.8 Å². The Bertz CT molecular complexity index is 375. The van der Waals surface area contributed by atoms with Gasteiger partial charge < -0.3 is 0 Å². The van der Waals surface area contributed by atoms with Crippen LogP contribution < -0.4 is 0 Å². The lowest BCUT2D eigenvalue weighted by Gasteiger charge is -2.13. The summed E-state index contributed by atoms with van der Waals surface area (Å²) in [5.41, 5.74) is 1.31. The lowest BCUT2D eigenvalue weighted by Crippen LogP contribution is -2.04. The van der Waals surface area contributed by atoms with Crippen molar-refractivity contribution in [2.75, 3.05) is 6.26 Å². The van der Waals surface area contributed by atoms with Crippen LogP contribution in [-0.4, -0.2) is 16.7 Å². The summed E-state index contributed by atoms with van der Waals surface area (Å²) in [7, 11) is 0. The zero-order valence-electron chi connectivity index (χ0n) is 8.61. The minimum absolute atomic E-state index is 0.360. The number of halogens is 1. The van der Waals surface area contributed by atoms with Crippen LogP contribution in [0.3, 0.4) is 0 Å². The van der Waals surface area contributed by atoms with Gasteiger partial charge >= 0.3 is 0 Å². The summed E-state index contributed by atoms with van der Waals surface area (Å²) < 4.78 is 1.18. The topological polar surface area (TPSA) is 12.4 Å². The number of rotatable bonds is 1. The van der Waals surface area contributed by atoms with Crippen LogP contribution >= 0.6 is 35.1 Å². The van der Waals surface area contributed by atoms with Gasteiger partial charge in [-0.2, -0.15) is 0 Å². The molecule has 1 aromatic rings. The summed E-state index contributed by atoms with van der Waals surface area (Å²) >= 11 is 9.44. The molecule has 1 nitrogen and oxygen atoms in total.